The van der Waals surface area contributed by atoms with Crippen molar-refractivity contribution in [1.29, 1.82) is 0 Å². The standard InChI is InChI=1S/C14H23N3O/c1-11-6-4-5-7-13(11)8-9-16-14(15)17-12(2)10-18-3/h4-7,12H,8-10H2,1-3H3,(H3,15,16,17). The zero-order valence-electron chi connectivity index (χ0n) is 11.4. The van der Waals surface area contributed by atoms with Crippen LogP contribution in [0.2, 0.25) is 0 Å². The number of hydrogen-bond donors (Lipinski definition) is 2. The molecule has 100 valence electrons. The van der Waals surface area contributed by atoms with Crippen LogP contribution >= 0.6 is 0 Å². The minimum absolute atomic E-state index is 0.178. The SMILES string of the molecule is COCC(C)NC(N)=NCCc1ccccc1C. The van der Waals surface area contributed by atoms with E-state index in [4.69, 9.17) is 10.5 Å². The molecular weight excluding hydrogens is 226 g/mol. The molecule has 0 aromatic heterocycles. The highest BCUT2D eigenvalue weighted by molar-refractivity contribution is 5.78. The third-order valence-corrected chi connectivity index (χ3v) is 2.74. The van der Waals surface area contributed by atoms with Gasteiger partial charge in [-0.05, 0) is 31.4 Å². The second-order valence-corrected chi connectivity index (χ2v) is 4.44. The molecule has 4 nitrogen and oxygen atoms in total. The maximum atomic E-state index is 5.79. The lowest BCUT2D eigenvalue weighted by Crippen LogP contribution is -2.40. The second kappa shape index (κ2) is 7.71. The first-order chi connectivity index (χ1) is 8.63. The number of rotatable bonds is 6. The van der Waals surface area contributed by atoms with E-state index in [0.717, 1.165) is 6.42 Å². The van der Waals surface area contributed by atoms with Gasteiger partial charge in [0.15, 0.2) is 5.96 Å². The molecule has 0 saturated carbocycles. The molecule has 0 radical (unpaired) electrons. The molecule has 1 atom stereocenters. The maximum absolute atomic E-state index is 5.79. The van der Waals surface area contributed by atoms with Gasteiger partial charge in [-0.15, -0.1) is 0 Å². The number of aryl methyl sites for hydroxylation is 1. The minimum Gasteiger partial charge on any atom is -0.383 e. The van der Waals surface area contributed by atoms with Gasteiger partial charge in [0.25, 0.3) is 0 Å². The van der Waals surface area contributed by atoms with Gasteiger partial charge in [0.05, 0.1) is 6.61 Å². The summed E-state index contributed by atoms with van der Waals surface area (Å²) in [5.41, 5.74) is 8.41. The highest BCUT2D eigenvalue weighted by Gasteiger charge is 2.01. The summed E-state index contributed by atoms with van der Waals surface area (Å²) >= 11 is 0. The van der Waals surface area contributed by atoms with Gasteiger partial charge in [-0.25, -0.2) is 0 Å². The molecule has 0 spiro atoms. The van der Waals surface area contributed by atoms with Gasteiger partial charge < -0.3 is 15.8 Å². The van der Waals surface area contributed by atoms with Crippen LogP contribution in [0.25, 0.3) is 0 Å². The van der Waals surface area contributed by atoms with Crippen molar-refractivity contribution in [3.8, 4) is 0 Å². The van der Waals surface area contributed by atoms with Gasteiger partial charge in [-0.1, -0.05) is 24.3 Å². The number of hydrogen-bond acceptors (Lipinski definition) is 2. The lowest BCUT2D eigenvalue weighted by atomic mass is 10.1. The molecule has 0 fully saturated rings. The van der Waals surface area contributed by atoms with Gasteiger partial charge in [0.1, 0.15) is 0 Å². The average Bonchev–Trinajstić information content (AvgIpc) is 2.31. The zero-order chi connectivity index (χ0) is 13.4. The zero-order valence-corrected chi connectivity index (χ0v) is 11.4. The Kier molecular flexibility index (Phi) is 6.22. The van der Waals surface area contributed by atoms with Crippen molar-refractivity contribution < 1.29 is 4.74 Å². The Morgan fingerprint density at radius 3 is 2.83 bits per heavy atom. The highest BCUT2D eigenvalue weighted by atomic mass is 16.5. The molecule has 0 aliphatic rings. The number of guanidine groups is 1. The van der Waals surface area contributed by atoms with Crippen LogP contribution in [0.15, 0.2) is 29.3 Å². The molecule has 1 rings (SSSR count). The predicted octanol–water partition coefficient (Wildman–Crippen LogP) is 1.48. The first kappa shape index (κ1) is 14.5. The van der Waals surface area contributed by atoms with Crippen LogP contribution in [0.4, 0.5) is 0 Å². The van der Waals surface area contributed by atoms with E-state index in [1.54, 1.807) is 7.11 Å². The molecule has 0 aliphatic carbocycles. The lowest BCUT2D eigenvalue weighted by molar-refractivity contribution is 0.179. The molecule has 0 aliphatic heterocycles. The van der Waals surface area contributed by atoms with E-state index in [9.17, 15) is 0 Å². The highest BCUT2D eigenvalue weighted by Crippen LogP contribution is 2.07. The van der Waals surface area contributed by atoms with Gasteiger partial charge in [-0.2, -0.15) is 0 Å². The number of ether oxygens (including phenoxy) is 1. The summed E-state index contributed by atoms with van der Waals surface area (Å²) < 4.78 is 5.02. The van der Waals surface area contributed by atoms with E-state index in [1.165, 1.54) is 11.1 Å². The van der Waals surface area contributed by atoms with E-state index in [-0.39, 0.29) is 6.04 Å². The molecule has 0 heterocycles. The summed E-state index contributed by atoms with van der Waals surface area (Å²) in [4.78, 5) is 4.31. The van der Waals surface area contributed by atoms with Crippen LogP contribution in [-0.4, -0.2) is 32.3 Å². The number of nitrogens with one attached hydrogen (secondary N) is 1. The second-order valence-electron chi connectivity index (χ2n) is 4.44. The third kappa shape index (κ3) is 5.19. The van der Waals surface area contributed by atoms with Crippen molar-refractivity contribution in [3.05, 3.63) is 35.4 Å². The first-order valence-electron chi connectivity index (χ1n) is 6.23. The van der Waals surface area contributed by atoms with E-state index >= 15 is 0 Å². The normalized spacial score (nSPS) is 13.4. The monoisotopic (exact) mass is 249 g/mol. The molecule has 18 heavy (non-hydrogen) atoms. The van der Waals surface area contributed by atoms with Crippen molar-refractivity contribution in [1.82, 2.24) is 5.32 Å². The summed E-state index contributed by atoms with van der Waals surface area (Å²) in [6.45, 7) is 5.44. The van der Waals surface area contributed by atoms with Crippen molar-refractivity contribution in [2.45, 2.75) is 26.3 Å². The maximum Gasteiger partial charge on any atom is 0.188 e. The Hall–Kier alpha value is -1.55. The van der Waals surface area contributed by atoms with Crippen LogP contribution in [0.5, 0.6) is 0 Å². The molecule has 1 aromatic rings. The first-order valence-corrected chi connectivity index (χ1v) is 6.23. The molecule has 0 bridgehead atoms. The molecule has 1 aromatic carbocycles. The molecule has 3 N–H and O–H groups in total. The summed E-state index contributed by atoms with van der Waals surface area (Å²) in [6.07, 6.45) is 0.910. The Balaban J connectivity index is 2.38. The van der Waals surface area contributed by atoms with Crippen molar-refractivity contribution in [2.75, 3.05) is 20.3 Å². The summed E-state index contributed by atoms with van der Waals surface area (Å²) in [7, 11) is 1.67. The molecule has 1 unspecified atom stereocenters. The lowest BCUT2D eigenvalue weighted by Gasteiger charge is -2.13. The fourth-order valence-corrected chi connectivity index (χ4v) is 1.78. The van der Waals surface area contributed by atoms with Gasteiger partial charge in [-0.3, -0.25) is 4.99 Å². The Morgan fingerprint density at radius 2 is 2.17 bits per heavy atom. The molecular formula is C14H23N3O. The third-order valence-electron chi connectivity index (χ3n) is 2.74. The Labute approximate surface area is 109 Å². The van der Waals surface area contributed by atoms with Crippen molar-refractivity contribution in [3.63, 3.8) is 0 Å². The average molecular weight is 249 g/mol. The summed E-state index contributed by atoms with van der Waals surface area (Å²) in [5.74, 6) is 0.480. The molecule has 4 heteroatoms. The van der Waals surface area contributed by atoms with Gasteiger partial charge in [0, 0.05) is 19.7 Å². The minimum atomic E-state index is 0.178. The van der Waals surface area contributed by atoms with Crippen LogP contribution in [0, 0.1) is 6.92 Å². The summed E-state index contributed by atoms with van der Waals surface area (Å²) in [6, 6.07) is 8.51. The quantitative estimate of drug-likeness (QED) is 0.593. The number of methoxy groups -OCH3 is 1. The van der Waals surface area contributed by atoms with Gasteiger partial charge in [0.2, 0.25) is 0 Å². The fraction of sp³-hybridized carbons (Fsp3) is 0.500. The summed E-state index contributed by atoms with van der Waals surface area (Å²) in [5, 5.41) is 3.08. The van der Waals surface area contributed by atoms with E-state index in [0.29, 0.717) is 19.1 Å². The van der Waals surface area contributed by atoms with E-state index in [2.05, 4.69) is 29.4 Å². The van der Waals surface area contributed by atoms with Crippen LogP contribution in [0.1, 0.15) is 18.1 Å². The Morgan fingerprint density at radius 1 is 1.44 bits per heavy atom. The topological polar surface area (TPSA) is 59.6 Å². The number of benzene rings is 1. The number of nitrogens with zero attached hydrogens (tertiary/aromatic N) is 1. The number of nitrogens with two attached hydrogens (primary N) is 1. The van der Waals surface area contributed by atoms with Crippen LogP contribution in [-0.2, 0) is 11.2 Å². The largest absolute Gasteiger partial charge is 0.383 e. The Bertz CT molecular complexity index is 390. The smallest absolute Gasteiger partial charge is 0.188 e. The van der Waals surface area contributed by atoms with Crippen molar-refractivity contribution in [2.24, 2.45) is 10.7 Å². The van der Waals surface area contributed by atoms with E-state index in [1.807, 2.05) is 19.1 Å². The van der Waals surface area contributed by atoms with Crippen LogP contribution in [0.3, 0.4) is 0 Å². The predicted molar refractivity (Wildman–Crippen MR) is 75.8 cm³/mol. The molecule has 0 amide bonds. The number of aliphatic imine (C=N–C) groups is 1. The van der Waals surface area contributed by atoms with Crippen molar-refractivity contribution >= 4 is 5.96 Å². The molecule has 0 saturated heterocycles. The van der Waals surface area contributed by atoms with Crippen LogP contribution < -0.4 is 11.1 Å². The van der Waals surface area contributed by atoms with E-state index < -0.39 is 0 Å². The van der Waals surface area contributed by atoms with Gasteiger partial charge >= 0.3 is 0 Å². The fourth-order valence-electron chi connectivity index (χ4n) is 1.78.